The summed E-state index contributed by atoms with van der Waals surface area (Å²) in [5.74, 6) is 7.87. The Morgan fingerprint density at radius 1 is 1.26 bits per heavy atom. The summed E-state index contributed by atoms with van der Waals surface area (Å²) in [7, 11) is 0. The van der Waals surface area contributed by atoms with Crippen molar-refractivity contribution in [2.45, 2.75) is 26.7 Å². The quantitative estimate of drug-likeness (QED) is 0.322. The molecule has 1 N–H and O–H groups in total. The third kappa shape index (κ3) is 13.7. The zero-order valence-electron chi connectivity index (χ0n) is 11.6. The second-order valence-corrected chi connectivity index (χ2v) is 4.32. The number of carbonyl (C=O) groups is 1. The van der Waals surface area contributed by atoms with Gasteiger partial charge in [-0.05, 0) is 42.8 Å². The monoisotopic (exact) mass is 255 g/mol. The molecule has 0 aromatic carbocycles. The predicted octanol–water partition coefficient (Wildman–Crippen LogP) is 2.84. The summed E-state index contributed by atoms with van der Waals surface area (Å²) in [6.07, 6.45) is 17.6. The lowest BCUT2D eigenvalue weighted by Gasteiger charge is -2.03. The molecular weight excluding hydrogens is 234 g/mol. The largest absolute Gasteiger partial charge is 0.352 e. The average molecular weight is 255 g/mol. The minimum absolute atomic E-state index is 0.0258. The summed E-state index contributed by atoms with van der Waals surface area (Å²) in [6.45, 7) is 4.85. The Balaban J connectivity index is 3.68. The standard InChI is InChI=1S/C17H21NO/c1-4-5-6-7-8-9-10-11-12-13-14-17(19)18-15-16(2)3/h1,7-10,13-14,16H,11-12,15H2,2-3H3,(H,18,19). The highest BCUT2D eigenvalue weighted by Crippen LogP contribution is 1.94. The number of allylic oxidation sites excluding steroid dienone is 5. The summed E-state index contributed by atoms with van der Waals surface area (Å²) >= 11 is 0. The molecule has 0 atom stereocenters. The Bertz CT molecular complexity index is 436. The number of rotatable bonds is 7. The third-order valence-electron chi connectivity index (χ3n) is 2.02. The molecule has 0 saturated carbocycles. The third-order valence-corrected chi connectivity index (χ3v) is 2.02. The van der Waals surface area contributed by atoms with Gasteiger partial charge >= 0.3 is 0 Å². The van der Waals surface area contributed by atoms with Crippen molar-refractivity contribution in [2.75, 3.05) is 6.54 Å². The highest BCUT2D eigenvalue weighted by atomic mass is 16.1. The van der Waals surface area contributed by atoms with Gasteiger partial charge in [0.1, 0.15) is 0 Å². The molecule has 0 rings (SSSR count). The van der Waals surface area contributed by atoms with Crippen molar-refractivity contribution in [3.63, 3.8) is 0 Å². The topological polar surface area (TPSA) is 29.1 Å². The van der Waals surface area contributed by atoms with Crippen LogP contribution in [0, 0.1) is 30.1 Å². The maximum atomic E-state index is 11.3. The van der Waals surface area contributed by atoms with Crippen LogP contribution in [0.4, 0.5) is 0 Å². The first-order valence-electron chi connectivity index (χ1n) is 6.39. The fraction of sp³-hybridized carbons (Fsp3) is 0.353. The van der Waals surface area contributed by atoms with Crippen LogP contribution < -0.4 is 5.32 Å². The first-order valence-corrected chi connectivity index (χ1v) is 6.39. The summed E-state index contributed by atoms with van der Waals surface area (Å²) < 4.78 is 0. The van der Waals surface area contributed by atoms with Crippen LogP contribution in [0.2, 0.25) is 0 Å². The van der Waals surface area contributed by atoms with E-state index in [0.29, 0.717) is 12.5 Å². The van der Waals surface area contributed by atoms with Gasteiger partial charge in [-0.3, -0.25) is 4.79 Å². The Labute approximate surface area is 116 Å². The van der Waals surface area contributed by atoms with Crippen LogP contribution >= 0.6 is 0 Å². The van der Waals surface area contributed by atoms with E-state index in [2.05, 4.69) is 36.9 Å². The van der Waals surface area contributed by atoms with Crippen molar-refractivity contribution >= 4 is 5.91 Å². The lowest BCUT2D eigenvalue weighted by molar-refractivity contribution is -0.116. The average Bonchev–Trinajstić information content (AvgIpc) is 2.38. The van der Waals surface area contributed by atoms with Crippen LogP contribution in [0.1, 0.15) is 26.7 Å². The van der Waals surface area contributed by atoms with E-state index in [4.69, 9.17) is 6.42 Å². The number of terminal acetylenes is 1. The van der Waals surface area contributed by atoms with E-state index in [1.807, 2.05) is 24.3 Å². The first kappa shape index (κ1) is 16.8. The second kappa shape index (κ2) is 12.3. The van der Waals surface area contributed by atoms with Gasteiger partial charge in [0.05, 0.1) is 0 Å². The minimum atomic E-state index is -0.0258. The molecule has 0 radical (unpaired) electrons. The smallest absolute Gasteiger partial charge is 0.243 e. The SMILES string of the molecule is C#CC#CC=CC=CCCC=CC(=O)NCC(C)C. The molecule has 0 aromatic rings. The second-order valence-electron chi connectivity index (χ2n) is 4.32. The van der Waals surface area contributed by atoms with E-state index in [1.165, 1.54) is 0 Å². The van der Waals surface area contributed by atoms with E-state index >= 15 is 0 Å². The molecule has 0 aromatic heterocycles. The van der Waals surface area contributed by atoms with Crippen molar-refractivity contribution < 1.29 is 4.79 Å². The van der Waals surface area contributed by atoms with E-state index in [-0.39, 0.29) is 5.91 Å². The molecular formula is C17H21NO. The van der Waals surface area contributed by atoms with Crippen molar-refractivity contribution in [3.8, 4) is 24.2 Å². The molecule has 0 heterocycles. The maximum Gasteiger partial charge on any atom is 0.243 e. The molecule has 0 aliphatic rings. The van der Waals surface area contributed by atoms with E-state index < -0.39 is 0 Å². The van der Waals surface area contributed by atoms with Gasteiger partial charge in [0, 0.05) is 6.54 Å². The van der Waals surface area contributed by atoms with E-state index in [1.54, 1.807) is 12.2 Å². The normalized spacial score (nSPS) is 10.8. The summed E-state index contributed by atoms with van der Waals surface area (Å²) in [6, 6.07) is 0. The number of carbonyl (C=O) groups excluding carboxylic acids is 1. The zero-order chi connectivity index (χ0) is 14.3. The minimum Gasteiger partial charge on any atom is -0.352 e. The highest BCUT2D eigenvalue weighted by Gasteiger charge is 1.96. The maximum absolute atomic E-state index is 11.3. The molecule has 19 heavy (non-hydrogen) atoms. The number of amides is 1. The van der Waals surface area contributed by atoms with Gasteiger partial charge in [0.25, 0.3) is 0 Å². The highest BCUT2D eigenvalue weighted by molar-refractivity contribution is 5.87. The molecule has 1 amide bonds. The number of unbranched alkanes of at least 4 members (excludes halogenated alkanes) is 1. The van der Waals surface area contributed by atoms with Crippen LogP contribution in [-0.2, 0) is 4.79 Å². The Hall–Kier alpha value is -2.19. The van der Waals surface area contributed by atoms with Crippen molar-refractivity contribution in [2.24, 2.45) is 5.92 Å². The van der Waals surface area contributed by atoms with Crippen LogP contribution in [0.5, 0.6) is 0 Å². The van der Waals surface area contributed by atoms with Crippen molar-refractivity contribution in [1.82, 2.24) is 5.32 Å². The summed E-state index contributed by atoms with van der Waals surface area (Å²) in [5, 5.41) is 2.83. The summed E-state index contributed by atoms with van der Waals surface area (Å²) in [5.41, 5.74) is 0. The van der Waals surface area contributed by atoms with Crippen LogP contribution in [0.15, 0.2) is 36.5 Å². The molecule has 0 aliphatic heterocycles. The number of hydrogen-bond acceptors (Lipinski definition) is 1. The molecule has 0 aliphatic carbocycles. The molecule has 0 bridgehead atoms. The van der Waals surface area contributed by atoms with Crippen LogP contribution in [0.25, 0.3) is 0 Å². The lowest BCUT2D eigenvalue weighted by atomic mass is 10.2. The number of hydrogen-bond donors (Lipinski definition) is 1. The Kier molecular flexibility index (Phi) is 10.9. The van der Waals surface area contributed by atoms with Crippen LogP contribution in [-0.4, -0.2) is 12.5 Å². The van der Waals surface area contributed by atoms with Crippen molar-refractivity contribution in [1.29, 1.82) is 0 Å². The number of nitrogens with one attached hydrogen (secondary N) is 1. The lowest BCUT2D eigenvalue weighted by Crippen LogP contribution is -2.25. The fourth-order valence-electron chi connectivity index (χ4n) is 1.11. The molecule has 0 unspecified atom stereocenters. The fourth-order valence-corrected chi connectivity index (χ4v) is 1.11. The zero-order valence-corrected chi connectivity index (χ0v) is 11.6. The molecule has 0 fully saturated rings. The van der Waals surface area contributed by atoms with Gasteiger partial charge in [-0.25, -0.2) is 0 Å². The van der Waals surface area contributed by atoms with Crippen molar-refractivity contribution in [3.05, 3.63) is 36.5 Å². The van der Waals surface area contributed by atoms with Gasteiger partial charge in [0.15, 0.2) is 0 Å². The molecule has 2 heteroatoms. The van der Waals surface area contributed by atoms with Gasteiger partial charge in [-0.15, -0.1) is 6.42 Å². The molecule has 2 nitrogen and oxygen atoms in total. The molecule has 100 valence electrons. The van der Waals surface area contributed by atoms with Gasteiger partial charge in [-0.1, -0.05) is 44.1 Å². The summed E-state index contributed by atoms with van der Waals surface area (Å²) in [4.78, 5) is 11.3. The van der Waals surface area contributed by atoms with E-state index in [9.17, 15) is 4.79 Å². The first-order chi connectivity index (χ1) is 9.16. The van der Waals surface area contributed by atoms with Gasteiger partial charge < -0.3 is 5.32 Å². The van der Waals surface area contributed by atoms with E-state index in [0.717, 1.165) is 12.8 Å². The van der Waals surface area contributed by atoms with Gasteiger partial charge in [0.2, 0.25) is 5.91 Å². The Morgan fingerprint density at radius 3 is 2.68 bits per heavy atom. The molecule has 0 saturated heterocycles. The predicted molar refractivity (Wildman–Crippen MR) is 81.1 cm³/mol. The Morgan fingerprint density at radius 2 is 2.00 bits per heavy atom. The molecule has 0 spiro atoms. The van der Waals surface area contributed by atoms with Crippen LogP contribution in [0.3, 0.4) is 0 Å². The van der Waals surface area contributed by atoms with Gasteiger partial charge in [-0.2, -0.15) is 0 Å².